The van der Waals surface area contributed by atoms with Crippen molar-refractivity contribution in [3.8, 4) is 11.5 Å². The van der Waals surface area contributed by atoms with Crippen LogP contribution in [0.3, 0.4) is 0 Å². The number of alkyl carbamates (subject to hydrolysis) is 1. The summed E-state index contributed by atoms with van der Waals surface area (Å²) in [6, 6.07) is 10.5. The molecule has 2 atom stereocenters. The Bertz CT molecular complexity index is 1300. The summed E-state index contributed by atoms with van der Waals surface area (Å²) < 4.78 is 50.6. The van der Waals surface area contributed by atoms with Gasteiger partial charge in [-0.1, -0.05) is 18.2 Å². The maximum absolute atomic E-state index is 13.4. The van der Waals surface area contributed by atoms with Gasteiger partial charge in [-0.25, -0.2) is 17.9 Å². The Morgan fingerprint density at radius 1 is 0.976 bits per heavy atom. The number of sulfonamides is 1. The fourth-order valence-electron chi connectivity index (χ4n) is 3.78. The van der Waals surface area contributed by atoms with Crippen LogP contribution in [-0.2, 0) is 30.0 Å². The molecule has 0 heterocycles. The van der Waals surface area contributed by atoms with E-state index < -0.39 is 44.5 Å². The lowest BCUT2D eigenvalue weighted by atomic mass is 10.0. The summed E-state index contributed by atoms with van der Waals surface area (Å²) in [7, 11) is -0.812. The van der Waals surface area contributed by atoms with E-state index in [1.807, 2.05) is 6.07 Å². The molecule has 0 saturated heterocycles. The highest BCUT2D eigenvalue weighted by Crippen LogP contribution is 2.35. The van der Waals surface area contributed by atoms with Gasteiger partial charge in [0.05, 0.1) is 31.8 Å². The van der Waals surface area contributed by atoms with Crippen LogP contribution in [0.15, 0.2) is 47.4 Å². The van der Waals surface area contributed by atoms with Crippen molar-refractivity contribution in [2.45, 2.75) is 81.5 Å². The third-order valence-corrected chi connectivity index (χ3v) is 8.43. The number of esters is 1. The van der Waals surface area contributed by atoms with Gasteiger partial charge >= 0.3 is 12.1 Å². The number of rotatable bonds is 12. The second kappa shape index (κ2) is 14.3. The standard InChI is InChI=1S/C29H42N2O8S2/c1-10-38-26(32)25(40-18-20-14-15-21(36-8)17-23(20)37-9)24(30-27(33)39-29(5,6)7)19-12-11-13-22(16-19)41(34,35)31-28(2,3)4/h11-17,24-25,31H,10,18H2,1-9H3,(H,30,33)/t24-,25?/m0/s1. The van der Waals surface area contributed by atoms with E-state index in [0.29, 0.717) is 22.8 Å². The molecule has 2 N–H and O–H groups in total. The van der Waals surface area contributed by atoms with Crippen molar-refractivity contribution >= 4 is 33.8 Å². The molecule has 2 aromatic rings. The molecule has 1 amide bonds. The number of hydrogen-bond acceptors (Lipinski definition) is 9. The number of carbonyl (C=O) groups excluding carboxylic acids is 2. The maximum Gasteiger partial charge on any atom is 0.408 e. The Hall–Kier alpha value is -2.96. The fourth-order valence-corrected chi connectivity index (χ4v) is 6.47. The zero-order valence-corrected chi connectivity index (χ0v) is 26.8. The molecular formula is C29H42N2O8S2. The first kappa shape index (κ1) is 34.2. The summed E-state index contributed by atoms with van der Waals surface area (Å²) in [5, 5.41) is 1.82. The lowest BCUT2D eigenvalue weighted by molar-refractivity contribution is -0.143. The Morgan fingerprint density at radius 3 is 2.22 bits per heavy atom. The van der Waals surface area contributed by atoms with Gasteiger partial charge in [0.15, 0.2) is 0 Å². The van der Waals surface area contributed by atoms with Crippen LogP contribution in [0.25, 0.3) is 0 Å². The smallest absolute Gasteiger partial charge is 0.408 e. The topological polar surface area (TPSA) is 129 Å². The van der Waals surface area contributed by atoms with Crippen LogP contribution in [0, 0.1) is 0 Å². The van der Waals surface area contributed by atoms with Crippen molar-refractivity contribution in [1.29, 1.82) is 0 Å². The number of hydrogen-bond donors (Lipinski definition) is 2. The molecule has 2 aromatic carbocycles. The van der Waals surface area contributed by atoms with Crippen molar-refractivity contribution in [3.63, 3.8) is 0 Å². The van der Waals surface area contributed by atoms with Crippen molar-refractivity contribution in [2.24, 2.45) is 0 Å². The van der Waals surface area contributed by atoms with Gasteiger partial charge in [0.25, 0.3) is 0 Å². The van der Waals surface area contributed by atoms with Gasteiger partial charge in [-0.2, -0.15) is 0 Å². The van der Waals surface area contributed by atoms with Crippen molar-refractivity contribution in [2.75, 3.05) is 20.8 Å². The molecule has 0 spiro atoms. The molecule has 228 valence electrons. The normalized spacial score (nSPS) is 13.6. The molecule has 10 nitrogen and oxygen atoms in total. The molecule has 12 heteroatoms. The molecule has 0 bridgehead atoms. The van der Waals surface area contributed by atoms with E-state index in [4.69, 9.17) is 18.9 Å². The summed E-state index contributed by atoms with van der Waals surface area (Å²) in [5.74, 6) is 0.917. The Kier molecular flexibility index (Phi) is 11.9. The average molecular weight is 611 g/mol. The van der Waals surface area contributed by atoms with Crippen molar-refractivity contribution in [1.82, 2.24) is 10.0 Å². The van der Waals surface area contributed by atoms with Gasteiger partial charge in [0.2, 0.25) is 10.0 Å². The quantitative estimate of drug-likeness (QED) is 0.311. The van der Waals surface area contributed by atoms with E-state index in [9.17, 15) is 18.0 Å². The number of ether oxygens (including phenoxy) is 4. The minimum absolute atomic E-state index is 0.00894. The monoisotopic (exact) mass is 610 g/mol. The molecule has 0 aliphatic rings. The summed E-state index contributed by atoms with van der Waals surface area (Å²) in [6.07, 6.45) is -0.763. The van der Waals surface area contributed by atoms with Crippen LogP contribution in [0.2, 0.25) is 0 Å². The van der Waals surface area contributed by atoms with Crippen molar-refractivity contribution in [3.05, 3.63) is 53.6 Å². The zero-order chi connectivity index (χ0) is 31.0. The highest BCUT2D eigenvalue weighted by atomic mass is 32.2. The van der Waals surface area contributed by atoms with E-state index in [1.54, 1.807) is 79.8 Å². The molecule has 41 heavy (non-hydrogen) atoms. The molecule has 0 aromatic heterocycles. The zero-order valence-electron chi connectivity index (χ0n) is 25.2. The minimum atomic E-state index is -3.90. The summed E-state index contributed by atoms with van der Waals surface area (Å²) in [4.78, 5) is 26.3. The molecular weight excluding hydrogens is 568 g/mol. The minimum Gasteiger partial charge on any atom is -0.497 e. The van der Waals surface area contributed by atoms with E-state index in [2.05, 4.69) is 10.0 Å². The second-order valence-corrected chi connectivity index (χ2v) is 14.0. The largest absolute Gasteiger partial charge is 0.497 e. The highest BCUT2D eigenvalue weighted by Gasteiger charge is 2.35. The number of amides is 1. The van der Waals surface area contributed by atoms with Crippen LogP contribution in [0.4, 0.5) is 4.79 Å². The van der Waals surface area contributed by atoms with E-state index in [0.717, 1.165) is 5.56 Å². The Balaban J connectivity index is 2.58. The van der Waals surface area contributed by atoms with Gasteiger partial charge in [-0.15, -0.1) is 11.8 Å². The lowest BCUT2D eigenvalue weighted by Crippen LogP contribution is -2.42. The Labute approximate surface area is 247 Å². The predicted molar refractivity (Wildman–Crippen MR) is 160 cm³/mol. The Morgan fingerprint density at radius 2 is 1.66 bits per heavy atom. The van der Waals surface area contributed by atoms with Gasteiger partial charge in [0.1, 0.15) is 22.4 Å². The first-order valence-corrected chi connectivity index (χ1v) is 15.7. The number of carbonyl (C=O) groups is 2. The molecule has 0 aliphatic heterocycles. The highest BCUT2D eigenvalue weighted by molar-refractivity contribution is 7.99. The lowest BCUT2D eigenvalue weighted by Gasteiger charge is -2.29. The first-order valence-electron chi connectivity index (χ1n) is 13.1. The molecule has 0 radical (unpaired) electrons. The van der Waals surface area contributed by atoms with Crippen LogP contribution < -0.4 is 19.5 Å². The maximum atomic E-state index is 13.4. The number of benzene rings is 2. The van der Waals surface area contributed by atoms with Crippen LogP contribution in [0.1, 0.15) is 65.6 Å². The van der Waals surface area contributed by atoms with Gasteiger partial charge in [-0.05, 0) is 72.2 Å². The number of thioether (sulfide) groups is 1. The fraction of sp³-hybridized carbons (Fsp3) is 0.517. The van der Waals surface area contributed by atoms with Gasteiger partial charge in [0, 0.05) is 22.9 Å². The summed E-state index contributed by atoms with van der Waals surface area (Å²) >= 11 is 1.22. The number of nitrogens with one attached hydrogen (secondary N) is 2. The van der Waals surface area contributed by atoms with Gasteiger partial charge < -0.3 is 24.3 Å². The third-order valence-electron chi connectivity index (χ3n) is 5.37. The van der Waals surface area contributed by atoms with Crippen LogP contribution in [0.5, 0.6) is 11.5 Å². The van der Waals surface area contributed by atoms with E-state index >= 15 is 0 Å². The molecule has 2 rings (SSSR count). The predicted octanol–water partition coefficient (Wildman–Crippen LogP) is 5.21. The average Bonchev–Trinajstić information content (AvgIpc) is 2.86. The molecule has 0 aliphatic carbocycles. The molecule has 0 saturated carbocycles. The van der Waals surface area contributed by atoms with Crippen LogP contribution >= 0.6 is 11.8 Å². The SMILES string of the molecule is CCOC(=O)C(SCc1ccc(OC)cc1OC)[C@@H](NC(=O)OC(C)(C)C)c1cccc(S(=O)(=O)NC(C)(C)C)c1. The summed E-state index contributed by atoms with van der Waals surface area (Å²) in [6.45, 7) is 12.2. The number of methoxy groups -OCH3 is 2. The van der Waals surface area contributed by atoms with E-state index in [1.165, 1.54) is 31.0 Å². The molecule has 0 fully saturated rings. The third kappa shape index (κ3) is 10.8. The van der Waals surface area contributed by atoms with Gasteiger partial charge in [-0.3, -0.25) is 4.79 Å². The summed E-state index contributed by atoms with van der Waals surface area (Å²) in [5.41, 5.74) is -0.349. The van der Waals surface area contributed by atoms with E-state index in [-0.39, 0.29) is 11.5 Å². The first-order chi connectivity index (χ1) is 19.0. The second-order valence-electron chi connectivity index (χ2n) is 11.2. The molecule has 1 unspecified atom stereocenters. The van der Waals surface area contributed by atoms with Crippen molar-refractivity contribution < 1.29 is 37.0 Å². The van der Waals surface area contributed by atoms with Crippen LogP contribution in [-0.4, -0.2) is 57.7 Å².